The number of hydrogen-bond donors (Lipinski definition) is 1. The second-order valence-electron chi connectivity index (χ2n) is 3.24. The number of nitro groups is 1. The van der Waals surface area contributed by atoms with Crippen LogP contribution in [0.4, 0.5) is 4.79 Å². The van der Waals surface area contributed by atoms with Gasteiger partial charge >= 0.3 is 11.9 Å². The predicted octanol–water partition coefficient (Wildman–Crippen LogP) is -0.538. The highest BCUT2D eigenvalue weighted by Gasteiger charge is 2.46. The Labute approximate surface area is 85.0 Å². The van der Waals surface area contributed by atoms with Crippen LogP contribution in [0.5, 0.6) is 0 Å². The fourth-order valence-electron chi connectivity index (χ4n) is 1.67. The second-order valence-corrected chi connectivity index (χ2v) is 3.24. The zero-order valence-electron chi connectivity index (χ0n) is 7.83. The van der Waals surface area contributed by atoms with Crippen molar-refractivity contribution in [1.29, 1.82) is 0 Å². The average Bonchev–Trinajstić information content (AvgIpc) is 2.56. The van der Waals surface area contributed by atoms with Crippen LogP contribution in [0.1, 0.15) is 6.42 Å². The van der Waals surface area contributed by atoms with Gasteiger partial charge in [0, 0.05) is 6.54 Å². The lowest BCUT2D eigenvalue weighted by atomic mass is 10.4. The number of urea groups is 1. The largest absolute Gasteiger partial charge is 0.410 e. The Morgan fingerprint density at radius 2 is 2.47 bits per heavy atom. The summed E-state index contributed by atoms with van der Waals surface area (Å²) in [7, 11) is 0. The van der Waals surface area contributed by atoms with Gasteiger partial charge in [0.05, 0.1) is 12.8 Å². The van der Waals surface area contributed by atoms with E-state index < -0.39 is 17.3 Å². The summed E-state index contributed by atoms with van der Waals surface area (Å²) in [6.45, 7) is 1.08. The first-order valence-electron chi connectivity index (χ1n) is 4.43. The molecule has 2 rings (SSSR count). The zero-order chi connectivity index (χ0) is 11.0. The summed E-state index contributed by atoms with van der Waals surface area (Å²) in [5.41, 5.74) is 5.07. The van der Waals surface area contributed by atoms with E-state index in [1.807, 2.05) is 0 Å². The van der Waals surface area contributed by atoms with E-state index in [4.69, 9.17) is 10.5 Å². The number of amides is 2. The maximum atomic E-state index is 11.1. The van der Waals surface area contributed by atoms with Gasteiger partial charge < -0.3 is 25.5 Å². The quantitative estimate of drug-likeness (QED) is 0.466. The van der Waals surface area contributed by atoms with Gasteiger partial charge in [-0.05, 0) is 11.3 Å². The lowest BCUT2D eigenvalue weighted by Crippen LogP contribution is -2.50. The van der Waals surface area contributed by atoms with Gasteiger partial charge in [-0.25, -0.2) is 4.79 Å². The minimum absolute atomic E-state index is 0.339. The molecule has 1 unspecified atom stereocenters. The third kappa shape index (κ3) is 1.48. The molecular weight excluding hydrogens is 204 g/mol. The lowest BCUT2D eigenvalue weighted by molar-refractivity contribution is -0.444. The molecule has 0 spiro atoms. The molecule has 2 amide bonds. The minimum atomic E-state index is -0.882. The Bertz CT molecular complexity index is 342. The van der Waals surface area contributed by atoms with Crippen molar-refractivity contribution in [2.75, 3.05) is 13.2 Å². The Morgan fingerprint density at radius 3 is 3.07 bits per heavy atom. The molecule has 0 aromatic heterocycles. The van der Waals surface area contributed by atoms with E-state index in [2.05, 4.69) is 0 Å². The molecule has 2 heterocycles. The molecule has 15 heavy (non-hydrogen) atoms. The van der Waals surface area contributed by atoms with Crippen molar-refractivity contribution in [3.05, 3.63) is 22.1 Å². The van der Waals surface area contributed by atoms with Gasteiger partial charge in [-0.2, -0.15) is 0 Å². The number of fused-ring (bicyclic) bond motifs is 1. The van der Waals surface area contributed by atoms with Crippen LogP contribution in [-0.4, -0.2) is 40.3 Å². The van der Waals surface area contributed by atoms with E-state index in [-0.39, 0.29) is 5.82 Å². The molecule has 1 fully saturated rings. The third-order valence-electron chi connectivity index (χ3n) is 2.28. The summed E-state index contributed by atoms with van der Waals surface area (Å²) in [6.07, 6.45) is 1.30. The molecule has 0 aromatic rings. The summed E-state index contributed by atoms with van der Waals surface area (Å²) in [4.78, 5) is 23.5. The van der Waals surface area contributed by atoms with Gasteiger partial charge in [0.15, 0.2) is 0 Å². The van der Waals surface area contributed by atoms with Gasteiger partial charge in [-0.1, -0.05) is 0 Å². The molecule has 0 radical (unpaired) electrons. The molecule has 0 bridgehead atoms. The van der Waals surface area contributed by atoms with Gasteiger partial charge in [-0.3, -0.25) is 0 Å². The number of nitrogens with zero attached hydrogens (tertiary/aromatic N) is 3. The van der Waals surface area contributed by atoms with Gasteiger partial charge in [-0.15, -0.1) is 4.90 Å². The molecule has 0 aliphatic carbocycles. The highest BCUT2D eigenvalue weighted by molar-refractivity contribution is 5.74. The van der Waals surface area contributed by atoms with Crippen molar-refractivity contribution in [3.8, 4) is 0 Å². The molecule has 2 N–H and O–H groups in total. The Balaban J connectivity index is 2.29. The van der Waals surface area contributed by atoms with Crippen molar-refractivity contribution in [3.63, 3.8) is 0 Å². The van der Waals surface area contributed by atoms with Gasteiger partial charge in [0.1, 0.15) is 0 Å². The normalized spacial score (nSPS) is 24.8. The standard InChI is InChI=1S/C7H10N4O4/c8-6(12)10-5(11(13)14)4-9-2-1-3-15-7(9)10/h4,7H,1-3H2,(H2,8,12). The molecule has 1 atom stereocenters. The summed E-state index contributed by atoms with van der Waals surface area (Å²) in [5.74, 6) is -0.339. The van der Waals surface area contributed by atoms with Crippen LogP contribution < -0.4 is 5.73 Å². The molecular formula is C7H10N4O4. The molecule has 0 aromatic carbocycles. The highest BCUT2D eigenvalue weighted by Crippen LogP contribution is 2.26. The number of carbonyl (C=O) groups is 1. The summed E-state index contributed by atoms with van der Waals surface area (Å²) < 4.78 is 5.25. The Kier molecular flexibility index (Phi) is 2.19. The third-order valence-corrected chi connectivity index (χ3v) is 2.28. The molecule has 2 aliphatic rings. The molecule has 2 aliphatic heterocycles. The summed E-state index contributed by atoms with van der Waals surface area (Å²) >= 11 is 0. The van der Waals surface area contributed by atoms with Crippen LogP contribution in [0.25, 0.3) is 0 Å². The number of ether oxygens (including phenoxy) is 1. The van der Waals surface area contributed by atoms with Crippen LogP contribution in [-0.2, 0) is 4.74 Å². The first-order chi connectivity index (χ1) is 7.11. The summed E-state index contributed by atoms with van der Waals surface area (Å²) in [5, 5.41) is 10.7. The number of nitrogens with two attached hydrogens (primary N) is 1. The Hall–Kier alpha value is -1.83. The first-order valence-corrected chi connectivity index (χ1v) is 4.43. The van der Waals surface area contributed by atoms with E-state index in [1.165, 1.54) is 6.20 Å². The van der Waals surface area contributed by atoms with Crippen molar-refractivity contribution in [2.24, 2.45) is 5.73 Å². The second kappa shape index (κ2) is 3.39. The fraction of sp³-hybridized carbons (Fsp3) is 0.571. The Morgan fingerprint density at radius 1 is 1.73 bits per heavy atom. The zero-order valence-corrected chi connectivity index (χ0v) is 7.83. The molecule has 8 heteroatoms. The minimum Gasteiger partial charge on any atom is -0.358 e. The molecule has 1 saturated heterocycles. The number of primary amides is 1. The maximum absolute atomic E-state index is 11.1. The number of hydrogen-bond acceptors (Lipinski definition) is 5. The fourth-order valence-corrected chi connectivity index (χ4v) is 1.67. The maximum Gasteiger partial charge on any atom is 0.410 e. The predicted molar refractivity (Wildman–Crippen MR) is 47.6 cm³/mol. The van der Waals surface area contributed by atoms with Crippen molar-refractivity contribution >= 4 is 6.03 Å². The number of rotatable bonds is 1. The monoisotopic (exact) mass is 214 g/mol. The van der Waals surface area contributed by atoms with Crippen LogP contribution in [0, 0.1) is 10.1 Å². The van der Waals surface area contributed by atoms with E-state index in [9.17, 15) is 14.9 Å². The molecule has 82 valence electrons. The highest BCUT2D eigenvalue weighted by atomic mass is 16.6. The van der Waals surface area contributed by atoms with Crippen LogP contribution in [0.15, 0.2) is 12.0 Å². The summed E-state index contributed by atoms with van der Waals surface area (Å²) in [6, 6.07) is -0.882. The van der Waals surface area contributed by atoms with Crippen molar-refractivity contribution in [1.82, 2.24) is 9.80 Å². The van der Waals surface area contributed by atoms with Crippen molar-refractivity contribution in [2.45, 2.75) is 12.8 Å². The van der Waals surface area contributed by atoms with Gasteiger partial charge in [0.2, 0.25) is 0 Å². The van der Waals surface area contributed by atoms with Gasteiger partial charge in [0.25, 0.3) is 6.35 Å². The van der Waals surface area contributed by atoms with E-state index in [0.29, 0.717) is 13.2 Å². The van der Waals surface area contributed by atoms with E-state index in [1.54, 1.807) is 4.90 Å². The van der Waals surface area contributed by atoms with Crippen LogP contribution in [0.3, 0.4) is 0 Å². The topological polar surface area (TPSA) is 102 Å². The smallest absolute Gasteiger partial charge is 0.358 e. The van der Waals surface area contributed by atoms with Crippen LogP contribution >= 0.6 is 0 Å². The average molecular weight is 214 g/mol. The lowest BCUT2D eigenvalue weighted by Gasteiger charge is -2.29. The number of carbonyl (C=O) groups excluding carboxylic acids is 1. The molecule has 0 saturated carbocycles. The van der Waals surface area contributed by atoms with E-state index in [0.717, 1.165) is 11.3 Å². The van der Waals surface area contributed by atoms with Crippen molar-refractivity contribution < 1.29 is 14.5 Å². The van der Waals surface area contributed by atoms with Crippen LogP contribution in [0.2, 0.25) is 0 Å². The first kappa shape index (κ1) is 9.71. The molecule has 8 nitrogen and oxygen atoms in total. The van der Waals surface area contributed by atoms with E-state index >= 15 is 0 Å². The SMILES string of the molecule is NC(=O)N1C([N+](=O)[O-])=CN2CCCOC21.